The lowest BCUT2D eigenvalue weighted by molar-refractivity contribution is -0.132. The van der Waals surface area contributed by atoms with E-state index < -0.39 is 20.0 Å². The Morgan fingerprint density at radius 2 is 1.03 bits per heavy atom. The molecule has 0 N–H and O–H groups in total. The van der Waals surface area contributed by atoms with Gasteiger partial charge in [-0.3, -0.25) is 38.5 Å². The lowest BCUT2D eigenvalue weighted by Gasteiger charge is -2.11. The first-order valence-electron chi connectivity index (χ1n) is 20.3. The van der Waals surface area contributed by atoms with Gasteiger partial charge >= 0.3 is 0 Å². The van der Waals surface area contributed by atoms with Gasteiger partial charge in [-0.2, -0.15) is 14.6 Å². The van der Waals surface area contributed by atoms with E-state index in [2.05, 4.69) is 20.2 Å². The summed E-state index contributed by atoms with van der Waals surface area (Å²) in [5.74, 6) is -0.947. The third kappa shape index (κ3) is 10.7. The predicted octanol–water partition coefficient (Wildman–Crippen LogP) is 6.02. The molecule has 0 spiro atoms. The second-order valence-corrected chi connectivity index (χ2v) is 21.2. The molecule has 1 saturated heterocycles. The van der Waals surface area contributed by atoms with Crippen LogP contribution in [0.15, 0.2) is 114 Å². The first kappa shape index (κ1) is 48.5. The third-order valence-corrected chi connectivity index (χ3v) is 15.1. The molecule has 21 heteroatoms. The maximum Gasteiger partial charge on any atom is 0.244 e. The number of pyridine rings is 2. The average molecular weight is 985 g/mol. The van der Waals surface area contributed by atoms with Crippen molar-refractivity contribution in [2.24, 2.45) is 14.1 Å². The van der Waals surface area contributed by atoms with E-state index in [9.17, 15) is 36.0 Å². The van der Waals surface area contributed by atoms with E-state index in [-0.39, 0.29) is 47.0 Å². The number of fused-ring (bicyclic) bond motifs is 4. The highest BCUT2D eigenvalue weighted by atomic mass is 35.5. The quantitative estimate of drug-likeness (QED) is 0.127. The number of imide groups is 1. The standard InChI is InChI=1S/C21H19ClN4O3S.C21H20N4O3S.C4H4ClNO2/c1-25(2)30(28,29)12-13-4-5-14-8-19(22)20-18(21(27)17(14)6-13)7-15(9-23-20)16-10-24-26(3)11-16;1-24(2)29(27,28)13-14-4-5-15-6-7-20-19(21(26)18(15)8-14)9-16(10-22-20)17-11-23-25(3)12-17;5-6-3(7)1-2-4(6)8/h4-11H,12H2,1-3H3;4-12H,13H2,1-3H3;1-2H2. The van der Waals surface area contributed by atoms with Crippen molar-refractivity contribution in [3.63, 3.8) is 0 Å². The Morgan fingerprint density at radius 3 is 1.51 bits per heavy atom. The van der Waals surface area contributed by atoms with Crippen LogP contribution in [0.3, 0.4) is 0 Å². The van der Waals surface area contributed by atoms with Gasteiger partial charge in [0, 0.05) is 130 Å². The second-order valence-electron chi connectivity index (χ2n) is 16.1. The number of hydrogen-bond donors (Lipinski definition) is 0. The molecule has 9 rings (SSSR count). The summed E-state index contributed by atoms with van der Waals surface area (Å²) in [6.45, 7) is 0. The molecule has 5 heterocycles. The highest BCUT2D eigenvalue weighted by Gasteiger charge is 2.27. The first-order valence-corrected chi connectivity index (χ1v) is 24.3. The van der Waals surface area contributed by atoms with Gasteiger partial charge in [0.05, 0.1) is 45.3 Å². The number of nitrogens with zero attached hydrogens (tertiary/aromatic N) is 9. The van der Waals surface area contributed by atoms with Crippen LogP contribution in [0.25, 0.3) is 65.6 Å². The van der Waals surface area contributed by atoms with Crippen LogP contribution < -0.4 is 10.9 Å². The molecule has 8 aromatic rings. The predicted molar refractivity (Wildman–Crippen MR) is 260 cm³/mol. The van der Waals surface area contributed by atoms with E-state index in [0.717, 1.165) is 31.9 Å². The van der Waals surface area contributed by atoms with Crippen molar-refractivity contribution in [1.82, 2.24) is 42.6 Å². The van der Waals surface area contributed by atoms with E-state index in [1.807, 2.05) is 44.7 Å². The first-order chi connectivity index (χ1) is 31.6. The maximum atomic E-state index is 13.4. The van der Waals surface area contributed by atoms with E-state index in [1.54, 1.807) is 82.7 Å². The van der Waals surface area contributed by atoms with E-state index in [0.29, 0.717) is 58.5 Å². The summed E-state index contributed by atoms with van der Waals surface area (Å²) in [7, 11) is 2.71. The number of aromatic nitrogens is 6. The second kappa shape index (κ2) is 19.4. The van der Waals surface area contributed by atoms with E-state index in [1.165, 1.54) is 32.5 Å². The zero-order chi connectivity index (χ0) is 48.5. The molecular weight excluding hydrogens is 942 g/mol. The molecule has 4 aromatic heterocycles. The minimum atomic E-state index is -3.46. The smallest absolute Gasteiger partial charge is 0.244 e. The van der Waals surface area contributed by atoms with Crippen molar-refractivity contribution >= 4 is 98.6 Å². The average Bonchev–Trinajstić information content (AvgIpc) is 3.97. The van der Waals surface area contributed by atoms with Gasteiger partial charge in [-0.05, 0) is 58.3 Å². The van der Waals surface area contributed by atoms with Crippen LogP contribution in [-0.4, -0.2) is 99.4 Å². The molecule has 0 aliphatic carbocycles. The number of halogens is 2. The van der Waals surface area contributed by atoms with Crippen LogP contribution in [-0.2, 0) is 55.2 Å². The molecule has 0 unspecified atom stereocenters. The van der Waals surface area contributed by atoms with Gasteiger partial charge in [0.2, 0.25) is 31.9 Å². The minimum Gasteiger partial charge on any atom is -0.289 e. The van der Waals surface area contributed by atoms with Crippen LogP contribution in [0.1, 0.15) is 24.0 Å². The molecule has 0 bridgehead atoms. The fourth-order valence-electron chi connectivity index (χ4n) is 7.02. The summed E-state index contributed by atoms with van der Waals surface area (Å²) in [5, 5.41) is 11.7. The van der Waals surface area contributed by atoms with Crippen molar-refractivity contribution < 1.29 is 26.4 Å². The van der Waals surface area contributed by atoms with Crippen molar-refractivity contribution in [1.29, 1.82) is 0 Å². The number of sulfonamides is 2. The molecule has 4 aromatic carbocycles. The summed E-state index contributed by atoms with van der Waals surface area (Å²) in [6.07, 6.45) is 11.0. The molecule has 0 saturated carbocycles. The number of aryl methyl sites for hydroxylation is 2. The monoisotopic (exact) mass is 983 g/mol. The van der Waals surface area contributed by atoms with Gasteiger partial charge in [0.15, 0.2) is 10.9 Å². The topological polar surface area (TPSA) is 208 Å². The summed E-state index contributed by atoms with van der Waals surface area (Å²) < 4.78 is 55.3. The van der Waals surface area contributed by atoms with E-state index in [4.69, 9.17) is 23.4 Å². The fourth-order valence-corrected chi connectivity index (χ4v) is 9.17. The molecule has 67 heavy (non-hydrogen) atoms. The summed E-state index contributed by atoms with van der Waals surface area (Å²) in [4.78, 5) is 56.3. The van der Waals surface area contributed by atoms with Gasteiger partial charge in [-0.15, -0.1) is 0 Å². The van der Waals surface area contributed by atoms with Gasteiger partial charge in [0.1, 0.15) is 0 Å². The Labute approximate surface area is 395 Å². The highest BCUT2D eigenvalue weighted by molar-refractivity contribution is 7.88. The Hall–Kier alpha value is -6.48. The molecule has 0 atom stereocenters. The maximum absolute atomic E-state index is 13.4. The van der Waals surface area contributed by atoms with Gasteiger partial charge in [-0.25, -0.2) is 25.4 Å². The normalized spacial score (nSPS) is 13.1. The van der Waals surface area contributed by atoms with Crippen molar-refractivity contribution in [2.75, 3.05) is 28.2 Å². The Morgan fingerprint density at radius 1 is 0.567 bits per heavy atom. The number of amides is 2. The van der Waals surface area contributed by atoms with Crippen LogP contribution in [0.2, 0.25) is 5.02 Å². The molecule has 1 fully saturated rings. The zero-order valence-electron chi connectivity index (χ0n) is 37.0. The van der Waals surface area contributed by atoms with Crippen LogP contribution in [0.4, 0.5) is 0 Å². The van der Waals surface area contributed by atoms with Crippen LogP contribution in [0.5, 0.6) is 0 Å². The third-order valence-electron chi connectivity index (χ3n) is 10.8. The number of carbonyl (C=O) groups is 2. The summed E-state index contributed by atoms with van der Waals surface area (Å²) in [5.41, 5.74) is 4.89. The number of benzene rings is 2. The van der Waals surface area contributed by atoms with Crippen LogP contribution in [0, 0.1) is 0 Å². The van der Waals surface area contributed by atoms with Gasteiger partial charge < -0.3 is 0 Å². The van der Waals surface area contributed by atoms with Crippen LogP contribution >= 0.6 is 23.4 Å². The largest absolute Gasteiger partial charge is 0.289 e. The molecule has 17 nitrogen and oxygen atoms in total. The van der Waals surface area contributed by atoms with Gasteiger partial charge in [0.25, 0.3) is 0 Å². The van der Waals surface area contributed by atoms with Gasteiger partial charge in [-0.1, -0.05) is 41.9 Å². The Balaban J connectivity index is 0.000000171. The lowest BCUT2D eigenvalue weighted by atomic mass is 10.1. The number of carbonyl (C=O) groups excluding carboxylic acids is 2. The number of rotatable bonds is 8. The highest BCUT2D eigenvalue weighted by Crippen LogP contribution is 2.28. The fraction of sp³-hybridized carbons (Fsp3) is 0.217. The SMILES string of the molecule is CN(C)S(=O)(=O)Cc1ccc2cc(Cl)c3ncc(-c4cnn(C)c4)cc3c(=O)c2c1.CN(C)S(=O)(=O)Cc1ccc2ccc3ncc(-c4cnn(C)c4)cc3c(=O)c2c1.O=C1CCC(=O)N1Cl. The molecular formula is C46H43Cl2N9O8S2. The Bertz CT molecular complexity index is 3620. The van der Waals surface area contributed by atoms with Crippen molar-refractivity contribution in [2.45, 2.75) is 24.3 Å². The summed E-state index contributed by atoms with van der Waals surface area (Å²) in [6, 6.07) is 19.1. The van der Waals surface area contributed by atoms with E-state index >= 15 is 0 Å². The van der Waals surface area contributed by atoms with Crippen molar-refractivity contribution in [3.05, 3.63) is 141 Å². The lowest BCUT2D eigenvalue weighted by Crippen LogP contribution is -2.23. The molecule has 1 aliphatic heterocycles. The minimum absolute atomic E-state index is 0.162. The van der Waals surface area contributed by atoms with Crippen molar-refractivity contribution in [3.8, 4) is 22.3 Å². The number of hydrogen-bond acceptors (Lipinski definition) is 12. The molecule has 2 amide bonds. The molecule has 1 aliphatic rings. The summed E-state index contributed by atoms with van der Waals surface area (Å²) >= 11 is 11.6. The zero-order valence-corrected chi connectivity index (χ0v) is 40.2. The molecule has 0 radical (unpaired) electrons. The Kier molecular flexibility index (Phi) is 14.0. The molecule has 346 valence electrons.